The molecule has 1 saturated heterocycles. The molecule has 4 heteroatoms. The molecule has 1 atom stereocenters. The average molecular weight is 389 g/mol. The van der Waals surface area contributed by atoms with Gasteiger partial charge < -0.3 is 10.1 Å². The van der Waals surface area contributed by atoms with Crippen molar-refractivity contribution in [3.05, 3.63) is 64.1 Å². The SMILES string of the molecule is C[C@H]1CNCCN1CCc1ccc(OCc2ccccc2)c(Br)c1. The third-order valence-electron chi connectivity index (χ3n) is 4.56. The van der Waals surface area contributed by atoms with Crippen LogP contribution in [0.3, 0.4) is 0 Å². The third kappa shape index (κ3) is 4.82. The molecule has 3 nitrogen and oxygen atoms in total. The highest BCUT2D eigenvalue weighted by molar-refractivity contribution is 9.10. The second-order valence-electron chi connectivity index (χ2n) is 6.38. The molecule has 0 spiro atoms. The Kier molecular flexibility index (Phi) is 6.30. The quantitative estimate of drug-likeness (QED) is 0.812. The van der Waals surface area contributed by atoms with Crippen molar-refractivity contribution in [2.24, 2.45) is 0 Å². The molecule has 0 aromatic heterocycles. The molecule has 1 aliphatic rings. The van der Waals surface area contributed by atoms with Gasteiger partial charge in [0, 0.05) is 32.2 Å². The van der Waals surface area contributed by atoms with E-state index >= 15 is 0 Å². The number of nitrogens with zero attached hydrogens (tertiary/aromatic N) is 1. The van der Waals surface area contributed by atoms with E-state index in [1.165, 1.54) is 11.1 Å². The summed E-state index contributed by atoms with van der Waals surface area (Å²) in [7, 11) is 0. The van der Waals surface area contributed by atoms with Crippen molar-refractivity contribution in [1.29, 1.82) is 0 Å². The molecular weight excluding hydrogens is 364 g/mol. The maximum atomic E-state index is 5.92. The first-order chi connectivity index (χ1) is 11.7. The molecule has 0 radical (unpaired) electrons. The maximum Gasteiger partial charge on any atom is 0.134 e. The van der Waals surface area contributed by atoms with E-state index < -0.39 is 0 Å². The van der Waals surface area contributed by atoms with Gasteiger partial charge in [0.1, 0.15) is 12.4 Å². The summed E-state index contributed by atoms with van der Waals surface area (Å²) >= 11 is 3.65. The van der Waals surface area contributed by atoms with Crippen LogP contribution < -0.4 is 10.1 Å². The van der Waals surface area contributed by atoms with E-state index in [9.17, 15) is 0 Å². The van der Waals surface area contributed by atoms with Gasteiger partial charge in [-0.25, -0.2) is 0 Å². The summed E-state index contributed by atoms with van der Waals surface area (Å²) in [5, 5.41) is 3.44. The van der Waals surface area contributed by atoms with Crippen LogP contribution >= 0.6 is 15.9 Å². The van der Waals surface area contributed by atoms with Gasteiger partial charge >= 0.3 is 0 Å². The monoisotopic (exact) mass is 388 g/mol. The first kappa shape index (κ1) is 17.5. The summed E-state index contributed by atoms with van der Waals surface area (Å²) in [6.07, 6.45) is 1.07. The summed E-state index contributed by atoms with van der Waals surface area (Å²) in [5.74, 6) is 0.901. The number of hydrogen-bond donors (Lipinski definition) is 1. The lowest BCUT2D eigenvalue weighted by Crippen LogP contribution is -2.50. The smallest absolute Gasteiger partial charge is 0.134 e. The molecule has 0 unspecified atom stereocenters. The molecule has 0 saturated carbocycles. The standard InChI is InChI=1S/C20H25BrN2O/c1-16-14-22-10-12-23(16)11-9-17-7-8-20(19(21)13-17)24-15-18-5-3-2-4-6-18/h2-8,13,16,22H,9-12,14-15H2,1H3/t16-/m0/s1. The number of benzene rings is 2. The molecule has 128 valence electrons. The van der Waals surface area contributed by atoms with Gasteiger partial charge in [0.05, 0.1) is 4.47 Å². The fourth-order valence-electron chi connectivity index (χ4n) is 3.04. The third-order valence-corrected chi connectivity index (χ3v) is 5.18. The van der Waals surface area contributed by atoms with Crippen LogP contribution in [0.5, 0.6) is 5.75 Å². The van der Waals surface area contributed by atoms with E-state index in [0.717, 1.165) is 42.8 Å². The highest BCUT2D eigenvalue weighted by atomic mass is 79.9. The minimum atomic E-state index is 0.594. The molecule has 24 heavy (non-hydrogen) atoms. The highest BCUT2D eigenvalue weighted by Gasteiger charge is 2.17. The van der Waals surface area contributed by atoms with Crippen molar-refractivity contribution in [3.8, 4) is 5.75 Å². The molecule has 0 amide bonds. The zero-order chi connectivity index (χ0) is 16.8. The van der Waals surface area contributed by atoms with Crippen molar-refractivity contribution in [1.82, 2.24) is 10.2 Å². The van der Waals surface area contributed by atoms with Crippen LogP contribution in [0.2, 0.25) is 0 Å². The summed E-state index contributed by atoms with van der Waals surface area (Å²) in [4.78, 5) is 2.56. The topological polar surface area (TPSA) is 24.5 Å². The predicted molar refractivity (Wildman–Crippen MR) is 103 cm³/mol. The number of halogens is 1. The minimum absolute atomic E-state index is 0.594. The van der Waals surface area contributed by atoms with Crippen LogP contribution in [-0.4, -0.2) is 37.1 Å². The Labute approximate surface area is 153 Å². The average Bonchev–Trinajstić information content (AvgIpc) is 2.61. The highest BCUT2D eigenvalue weighted by Crippen LogP contribution is 2.27. The molecule has 2 aromatic carbocycles. The van der Waals surface area contributed by atoms with Crippen LogP contribution in [0.4, 0.5) is 0 Å². The van der Waals surface area contributed by atoms with Crippen LogP contribution in [-0.2, 0) is 13.0 Å². The van der Waals surface area contributed by atoms with Gasteiger partial charge in [-0.1, -0.05) is 36.4 Å². The molecule has 0 aliphatic carbocycles. The summed E-state index contributed by atoms with van der Waals surface area (Å²) in [6.45, 7) is 7.33. The van der Waals surface area contributed by atoms with Gasteiger partial charge in [0.25, 0.3) is 0 Å². The lowest BCUT2D eigenvalue weighted by Gasteiger charge is -2.33. The second-order valence-corrected chi connectivity index (χ2v) is 7.23. The van der Waals surface area contributed by atoms with Crippen molar-refractivity contribution >= 4 is 15.9 Å². The van der Waals surface area contributed by atoms with Crippen molar-refractivity contribution in [2.45, 2.75) is 26.0 Å². The van der Waals surface area contributed by atoms with Crippen molar-refractivity contribution in [2.75, 3.05) is 26.2 Å². The molecule has 0 bridgehead atoms. The first-order valence-electron chi connectivity index (χ1n) is 8.62. The second kappa shape index (κ2) is 8.65. The summed E-state index contributed by atoms with van der Waals surface area (Å²) in [5.41, 5.74) is 2.53. The first-order valence-corrected chi connectivity index (χ1v) is 9.41. The van der Waals surface area contributed by atoms with Gasteiger partial charge in [0.2, 0.25) is 0 Å². The van der Waals surface area contributed by atoms with E-state index in [1.54, 1.807) is 0 Å². The molecule has 3 rings (SSSR count). The van der Waals surface area contributed by atoms with Gasteiger partial charge in [0.15, 0.2) is 0 Å². The Hall–Kier alpha value is -1.36. The van der Waals surface area contributed by atoms with Crippen molar-refractivity contribution < 1.29 is 4.74 Å². The van der Waals surface area contributed by atoms with E-state index in [2.05, 4.69) is 63.4 Å². The van der Waals surface area contributed by atoms with E-state index in [0.29, 0.717) is 12.6 Å². The molecular formula is C20H25BrN2O. The lowest BCUT2D eigenvalue weighted by molar-refractivity contribution is 0.176. The summed E-state index contributed by atoms with van der Waals surface area (Å²) in [6, 6.07) is 17.3. The fourth-order valence-corrected chi connectivity index (χ4v) is 3.58. The zero-order valence-electron chi connectivity index (χ0n) is 14.2. The normalized spacial score (nSPS) is 18.5. The van der Waals surface area contributed by atoms with Gasteiger partial charge in [-0.2, -0.15) is 0 Å². The van der Waals surface area contributed by atoms with E-state index in [-0.39, 0.29) is 0 Å². The molecule has 1 aliphatic heterocycles. The lowest BCUT2D eigenvalue weighted by atomic mass is 10.1. The van der Waals surface area contributed by atoms with Crippen LogP contribution in [0.15, 0.2) is 53.0 Å². The number of hydrogen-bond acceptors (Lipinski definition) is 3. The molecule has 1 heterocycles. The Morgan fingerprint density at radius 3 is 2.75 bits per heavy atom. The van der Waals surface area contributed by atoms with Gasteiger partial charge in [-0.15, -0.1) is 0 Å². The molecule has 2 aromatic rings. The Morgan fingerprint density at radius 2 is 2.00 bits per heavy atom. The fraction of sp³-hybridized carbons (Fsp3) is 0.400. The number of piperazine rings is 1. The van der Waals surface area contributed by atoms with Crippen LogP contribution in [0.1, 0.15) is 18.1 Å². The summed E-state index contributed by atoms with van der Waals surface area (Å²) < 4.78 is 6.96. The van der Waals surface area contributed by atoms with Crippen LogP contribution in [0.25, 0.3) is 0 Å². The van der Waals surface area contributed by atoms with Crippen LogP contribution in [0, 0.1) is 0 Å². The maximum absolute atomic E-state index is 5.92. The van der Waals surface area contributed by atoms with Crippen molar-refractivity contribution in [3.63, 3.8) is 0 Å². The molecule has 1 N–H and O–H groups in total. The van der Waals surface area contributed by atoms with Gasteiger partial charge in [-0.3, -0.25) is 4.90 Å². The number of ether oxygens (including phenoxy) is 1. The number of nitrogens with one attached hydrogen (secondary N) is 1. The largest absolute Gasteiger partial charge is 0.488 e. The Morgan fingerprint density at radius 1 is 1.17 bits per heavy atom. The zero-order valence-corrected chi connectivity index (χ0v) is 15.8. The predicted octanol–water partition coefficient (Wildman–Crippen LogP) is 3.86. The Bertz CT molecular complexity index is 647. The minimum Gasteiger partial charge on any atom is -0.488 e. The van der Waals surface area contributed by atoms with Gasteiger partial charge in [-0.05, 0) is 52.5 Å². The van der Waals surface area contributed by atoms with E-state index in [4.69, 9.17) is 4.74 Å². The Balaban J connectivity index is 1.54. The molecule has 1 fully saturated rings. The van der Waals surface area contributed by atoms with E-state index in [1.807, 2.05) is 18.2 Å². The number of rotatable bonds is 6.